The maximum Gasteiger partial charge on any atom is 0.364 e. The summed E-state index contributed by atoms with van der Waals surface area (Å²) < 4.78 is 4.63. The van der Waals surface area contributed by atoms with Crippen LogP contribution in [0.3, 0.4) is 0 Å². The molecule has 0 aromatic rings. The number of ether oxygens (including phenoxy) is 1. The lowest BCUT2D eigenvalue weighted by atomic mass is 10.3. The lowest BCUT2D eigenvalue weighted by Gasteiger charge is -2.03. The molecule has 0 amide bonds. The molecule has 0 N–H and O–H groups in total. The second-order valence-corrected chi connectivity index (χ2v) is 2.82. The van der Waals surface area contributed by atoms with Crippen LogP contribution in [-0.2, 0) is 19.2 Å². The van der Waals surface area contributed by atoms with Crippen molar-refractivity contribution >= 4 is 29.1 Å². The number of ketones is 1. The summed E-state index contributed by atoms with van der Waals surface area (Å²) in [5.41, 5.74) is -0.389. The van der Waals surface area contributed by atoms with Crippen LogP contribution in [0.15, 0.2) is 5.16 Å². The standard InChI is InChI=1S/C9H14ClNO4/c1-3-5-15-11-8(7(12)6-10)9(13)14-4-2/h3-6H2,1-2H3/b11-8-. The lowest BCUT2D eigenvalue weighted by Crippen LogP contribution is -2.27. The number of halogens is 1. The van der Waals surface area contributed by atoms with Gasteiger partial charge < -0.3 is 9.57 Å². The van der Waals surface area contributed by atoms with Crippen LogP contribution >= 0.6 is 11.6 Å². The third-order valence-corrected chi connectivity index (χ3v) is 1.55. The SMILES string of the molecule is CCCO/N=C(/C(=O)CCl)C(=O)OCC. The number of hydrogen-bond acceptors (Lipinski definition) is 5. The monoisotopic (exact) mass is 235 g/mol. The van der Waals surface area contributed by atoms with Gasteiger partial charge in [-0.1, -0.05) is 12.1 Å². The number of carbonyl (C=O) groups excluding carboxylic acids is 2. The molecule has 0 rings (SSSR count). The molecule has 0 fully saturated rings. The van der Waals surface area contributed by atoms with Crippen LogP contribution in [0.25, 0.3) is 0 Å². The number of alkyl halides is 1. The zero-order valence-corrected chi connectivity index (χ0v) is 9.54. The largest absolute Gasteiger partial charge is 0.461 e. The number of nitrogens with zero attached hydrogens (tertiary/aromatic N) is 1. The van der Waals surface area contributed by atoms with Gasteiger partial charge in [0.25, 0.3) is 0 Å². The van der Waals surface area contributed by atoms with E-state index >= 15 is 0 Å². The van der Waals surface area contributed by atoms with Crippen molar-refractivity contribution in [2.75, 3.05) is 19.1 Å². The Morgan fingerprint density at radius 3 is 2.47 bits per heavy atom. The average Bonchev–Trinajstić information content (AvgIpc) is 2.23. The summed E-state index contributed by atoms with van der Waals surface area (Å²) in [5.74, 6) is -1.74. The Morgan fingerprint density at radius 1 is 1.33 bits per heavy atom. The van der Waals surface area contributed by atoms with E-state index in [0.717, 1.165) is 6.42 Å². The molecule has 0 bridgehead atoms. The average molecular weight is 236 g/mol. The van der Waals surface area contributed by atoms with Crippen molar-refractivity contribution in [2.24, 2.45) is 5.16 Å². The molecule has 0 aromatic carbocycles. The van der Waals surface area contributed by atoms with Crippen molar-refractivity contribution in [3.8, 4) is 0 Å². The summed E-state index contributed by atoms with van der Waals surface area (Å²) in [6.45, 7) is 4.01. The first-order valence-corrected chi connectivity index (χ1v) is 5.17. The van der Waals surface area contributed by atoms with Crippen LogP contribution in [0.2, 0.25) is 0 Å². The van der Waals surface area contributed by atoms with E-state index in [1.54, 1.807) is 6.92 Å². The highest BCUT2D eigenvalue weighted by Crippen LogP contribution is 1.93. The highest BCUT2D eigenvalue weighted by Gasteiger charge is 2.21. The van der Waals surface area contributed by atoms with Gasteiger partial charge in [0.1, 0.15) is 6.61 Å². The summed E-state index contributed by atoms with van der Waals surface area (Å²) in [5, 5.41) is 3.41. The van der Waals surface area contributed by atoms with E-state index < -0.39 is 11.8 Å². The second kappa shape index (κ2) is 8.23. The Kier molecular flexibility index (Phi) is 7.62. The molecular weight excluding hydrogens is 222 g/mol. The van der Waals surface area contributed by atoms with E-state index in [4.69, 9.17) is 16.4 Å². The maximum absolute atomic E-state index is 11.2. The minimum atomic E-state index is -0.806. The Bertz CT molecular complexity index is 252. The summed E-state index contributed by atoms with van der Waals surface area (Å²) >= 11 is 5.31. The van der Waals surface area contributed by atoms with Gasteiger partial charge in [0.15, 0.2) is 0 Å². The van der Waals surface area contributed by atoms with Crippen molar-refractivity contribution in [3.63, 3.8) is 0 Å². The maximum atomic E-state index is 11.2. The van der Waals surface area contributed by atoms with Gasteiger partial charge in [-0.2, -0.15) is 0 Å². The van der Waals surface area contributed by atoms with E-state index in [1.807, 2.05) is 6.92 Å². The van der Waals surface area contributed by atoms with Crippen LogP contribution in [0.4, 0.5) is 0 Å². The van der Waals surface area contributed by atoms with Crippen LogP contribution in [0, 0.1) is 0 Å². The molecular formula is C9H14ClNO4. The van der Waals surface area contributed by atoms with Crippen LogP contribution in [-0.4, -0.2) is 36.6 Å². The number of rotatable bonds is 7. The molecule has 0 saturated carbocycles. The van der Waals surface area contributed by atoms with Gasteiger partial charge >= 0.3 is 5.97 Å². The Balaban J connectivity index is 4.49. The fourth-order valence-electron chi connectivity index (χ4n) is 0.666. The predicted molar refractivity (Wildman–Crippen MR) is 56.0 cm³/mol. The fourth-order valence-corrected chi connectivity index (χ4v) is 0.793. The highest BCUT2D eigenvalue weighted by atomic mass is 35.5. The second-order valence-electron chi connectivity index (χ2n) is 2.55. The molecule has 0 aliphatic heterocycles. The first-order chi connectivity index (χ1) is 7.17. The van der Waals surface area contributed by atoms with Gasteiger partial charge in [-0.25, -0.2) is 4.79 Å². The zero-order valence-electron chi connectivity index (χ0n) is 8.79. The van der Waals surface area contributed by atoms with Gasteiger partial charge in [0, 0.05) is 0 Å². The number of esters is 1. The van der Waals surface area contributed by atoms with Crippen molar-refractivity contribution in [2.45, 2.75) is 20.3 Å². The minimum Gasteiger partial charge on any atom is -0.461 e. The molecule has 6 heteroatoms. The fraction of sp³-hybridized carbons (Fsp3) is 0.667. The summed E-state index contributed by atoms with van der Waals surface area (Å²) in [7, 11) is 0. The molecule has 0 heterocycles. The topological polar surface area (TPSA) is 65.0 Å². The zero-order chi connectivity index (χ0) is 11.7. The van der Waals surface area contributed by atoms with Crippen LogP contribution < -0.4 is 0 Å². The van der Waals surface area contributed by atoms with E-state index in [0.29, 0.717) is 6.61 Å². The van der Waals surface area contributed by atoms with Crippen LogP contribution in [0.1, 0.15) is 20.3 Å². The quantitative estimate of drug-likeness (QED) is 0.166. The predicted octanol–water partition coefficient (Wildman–Crippen LogP) is 1.14. The van der Waals surface area contributed by atoms with E-state index in [2.05, 4.69) is 9.89 Å². The van der Waals surface area contributed by atoms with E-state index in [-0.39, 0.29) is 18.2 Å². The first kappa shape index (κ1) is 13.9. The molecule has 0 atom stereocenters. The van der Waals surface area contributed by atoms with E-state index in [9.17, 15) is 9.59 Å². The molecule has 0 saturated heterocycles. The van der Waals surface area contributed by atoms with Gasteiger partial charge in [-0.3, -0.25) is 4.79 Å². The van der Waals surface area contributed by atoms with Crippen molar-refractivity contribution < 1.29 is 19.2 Å². The lowest BCUT2D eigenvalue weighted by molar-refractivity contribution is -0.135. The molecule has 0 spiro atoms. The molecule has 0 aromatic heterocycles. The minimum absolute atomic E-state index is 0.168. The summed E-state index contributed by atoms with van der Waals surface area (Å²) in [6, 6.07) is 0. The van der Waals surface area contributed by atoms with Crippen molar-refractivity contribution in [1.29, 1.82) is 0 Å². The molecule has 0 radical (unpaired) electrons. The number of oxime groups is 1. The number of carbonyl (C=O) groups is 2. The van der Waals surface area contributed by atoms with Crippen molar-refractivity contribution in [1.82, 2.24) is 0 Å². The Hall–Kier alpha value is -1.10. The number of hydrogen-bond donors (Lipinski definition) is 0. The molecule has 0 aliphatic carbocycles. The normalized spacial score (nSPS) is 11.0. The third-order valence-electron chi connectivity index (χ3n) is 1.31. The number of Topliss-reactive ketones (excluding diaryl/α,β-unsaturated/α-hetero) is 1. The van der Waals surface area contributed by atoms with Gasteiger partial charge in [0.2, 0.25) is 11.5 Å². The Labute approximate surface area is 93.4 Å². The van der Waals surface area contributed by atoms with Gasteiger partial charge in [0.05, 0.1) is 12.5 Å². The van der Waals surface area contributed by atoms with Crippen molar-refractivity contribution in [3.05, 3.63) is 0 Å². The summed E-state index contributed by atoms with van der Waals surface area (Å²) in [4.78, 5) is 27.1. The third kappa shape index (κ3) is 5.37. The molecule has 5 nitrogen and oxygen atoms in total. The van der Waals surface area contributed by atoms with Gasteiger partial charge in [-0.15, -0.1) is 11.6 Å². The van der Waals surface area contributed by atoms with E-state index in [1.165, 1.54) is 0 Å². The first-order valence-electron chi connectivity index (χ1n) is 4.63. The molecule has 86 valence electrons. The van der Waals surface area contributed by atoms with Gasteiger partial charge in [-0.05, 0) is 13.3 Å². The smallest absolute Gasteiger partial charge is 0.364 e. The highest BCUT2D eigenvalue weighted by molar-refractivity contribution is 6.67. The van der Waals surface area contributed by atoms with Crippen LogP contribution in [0.5, 0.6) is 0 Å². The molecule has 15 heavy (non-hydrogen) atoms. The summed E-state index contributed by atoms with van der Waals surface area (Å²) in [6.07, 6.45) is 0.731. The molecule has 0 unspecified atom stereocenters. The Morgan fingerprint density at radius 2 is 2.00 bits per heavy atom. The molecule has 0 aliphatic rings.